The second-order valence-corrected chi connectivity index (χ2v) is 4.31. The fourth-order valence-corrected chi connectivity index (χ4v) is 2.15. The van der Waals surface area contributed by atoms with Crippen molar-refractivity contribution in [1.29, 1.82) is 0 Å². The SMILES string of the molecule is COC(=O)c1cnccc1N1CC(C(=O)OC)CC1=O. The molecule has 0 aliphatic carbocycles. The van der Waals surface area contributed by atoms with Crippen LogP contribution in [0.2, 0.25) is 0 Å². The van der Waals surface area contributed by atoms with Crippen molar-refractivity contribution >= 4 is 23.5 Å². The average molecular weight is 278 g/mol. The third-order valence-electron chi connectivity index (χ3n) is 3.15. The van der Waals surface area contributed by atoms with Gasteiger partial charge in [-0.2, -0.15) is 0 Å². The van der Waals surface area contributed by atoms with E-state index in [9.17, 15) is 14.4 Å². The highest BCUT2D eigenvalue weighted by Gasteiger charge is 2.37. The lowest BCUT2D eigenvalue weighted by Gasteiger charge is -2.18. The van der Waals surface area contributed by atoms with Crippen LogP contribution in [0, 0.1) is 5.92 Å². The summed E-state index contributed by atoms with van der Waals surface area (Å²) in [6.45, 7) is 0.180. The molecule has 20 heavy (non-hydrogen) atoms. The second-order valence-electron chi connectivity index (χ2n) is 4.31. The van der Waals surface area contributed by atoms with Crippen LogP contribution in [-0.4, -0.2) is 43.6 Å². The minimum atomic E-state index is -0.581. The van der Waals surface area contributed by atoms with Crippen LogP contribution in [0.1, 0.15) is 16.8 Å². The lowest BCUT2D eigenvalue weighted by Crippen LogP contribution is -2.28. The first-order valence-corrected chi connectivity index (χ1v) is 5.99. The zero-order valence-corrected chi connectivity index (χ0v) is 11.2. The van der Waals surface area contributed by atoms with Gasteiger partial charge in [0, 0.05) is 25.4 Å². The van der Waals surface area contributed by atoms with Gasteiger partial charge in [0.15, 0.2) is 0 Å². The van der Waals surface area contributed by atoms with Crippen LogP contribution in [-0.2, 0) is 19.1 Å². The van der Waals surface area contributed by atoms with Gasteiger partial charge in [-0.05, 0) is 6.07 Å². The average Bonchev–Trinajstić information content (AvgIpc) is 2.87. The van der Waals surface area contributed by atoms with Gasteiger partial charge in [0.05, 0.1) is 25.8 Å². The molecule has 2 heterocycles. The van der Waals surface area contributed by atoms with E-state index in [1.807, 2.05) is 0 Å². The summed E-state index contributed by atoms with van der Waals surface area (Å²) in [7, 11) is 2.53. The van der Waals surface area contributed by atoms with Crippen molar-refractivity contribution in [3.63, 3.8) is 0 Å². The summed E-state index contributed by atoms with van der Waals surface area (Å²) in [5.41, 5.74) is 0.581. The van der Waals surface area contributed by atoms with Gasteiger partial charge in [-0.3, -0.25) is 14.6 Å². The number of ether oxygens (including phenoxy) is 2. The highest BCUT2D eigenvalue weighted by atomic mass is 16.5. The summed E-state index contributed by atoms with van der Waals surface area (Å²) >= 11 is 0. The molecule has 7 nitrogen and oxygen atoms in total. The summed E-state index contributed by atoms with van der Waals surface area (Å²) < 4.78 is 9.30. The molecular weight excluding hydrogens is 264 g/mol. The molecule has 7 heteroatoms. The molecule has 1 aliphatic heterocycles. The van der Waals surface area contributed by atoms with Crippen molar-refractivity contribution in [2.75, 3.05) is 25.7 Å². The third-order valence-corrected chi connectivity index (χ3v) is 3.15. The Morgan fingerprint density at radius 3 is 2.75 bits per heavy atom. The molecule has 1 aromatic heterocycles. The lowest BCUT2D eigenvalue weighted by molar-refractivity contribution is -0.145. The fraction of sp³-hybridized carbons (Fsp3) is 0.385. The Hall–Kier alpha value is -2.44. The van der Waals surface area contributed by atoms with Crippen LogP contribution < -0.4 is 4.90 Å². The third kappa shape index (κ3) is 2.47. The highest BCUT2D eigenvalue weighted by Crippen LogP contribution is 2.28. The number of methoxy groups -OCH3 is 2. The van der Waals surface area contributed by atoms with Gasteiger partial charge < -0.3 is 14.4 Å². The standard InChI is InChI=1S/C13H14N2O5/c1-19-12(17)8-5-11(16)15(7-8)10-3-4-14-6-9(10)13(18)20-2/h3-4,6,8H,5,7H2,1-2H3. The first-order chi connectivity index (χ1) is 9.58. The monoisotopic (exact) mass is 278 g/mol. The van der Waals surface area contributed by atoms with Gasteiger partial charge in [-0.25, -0.2) is 4.79 Å². The van der Waals surface area contributed by atoms with E-state index in [-0.39, 0.29) is 24.4 Å². The number of hydrogen-bond acceptors (Lipinski definition) is 6. The molecular formula is C13H14N2O5. The summed E-state index contributed by atoms with van der Waals surface area (Å²) in [6, 6.07) is 1.55. The predicted octanol–water partition coefficient (Wildman–Crippen LogP) is 0.394. The maximum atomic E-state index is 12.0. The van der Waals surface area contributed by atoms with Gasteiger partial charge in [-0.15, -0.1) is 0 Å². The van der Waals surface area contributed by atoms with Crippen LogP contribution in [0.4, 0.5) is 5.69 Å². The van der Waals surface area contributed by atoms with Crippen molar-refractivity contribution in [1.82, 2.24) is 4.98 Å². The number of carbonyl (C=O) groups excluding carboxylic acids is 3. The van der Waals surface area contributed by atoms with Crippen LogP contribution in [0.3, 0.4) is 0 Å². The summed E-state index contributed by atoms with van der Waals surface area (Å²) in [5.74, 6) is -1.78. The molecule has 2 rings (SSSR count). The Balaban J connectivity index is 2.31. The quantitative estimate of drug-likeness (QED) is 0.744. The zero-order valence-electron chi connectivity index (χ0n) is 11.2. The Bertz CT molecular complexity index is 557. The minimum Gasteiger partial charge on any atom is -0.469 e. The molecule has 1 fully saturated rings. The van der Waals surface area contributed by atoms with Crippen molar-refractivity contribution in [3.05, 3.63) is 24.0 Å². The Labute approximate surface area is 115 Å². The molecule has 1 atom stereocenters. The Kier molecular flexibility index (Phi) is 3.97. The first-order valence-electron chi connectivity index (χ1n) is 5.99. The number of nitrogens with zero attached hydrogens (tertiary/aromatic N) is 2. The molecule has 0 bridgehead atoms. The Morgan fingerprint density at radius 1 is 1.35 bits per heavy atom. The van der Waals surface area contributed by atoms with E-state index in [0.717, 1.165) is 0 Å². The van der Waals surface area contributed by atoms with Gasteiger partial charge in [0.25, 0.3) is 0 Å². The first kappa shape index (κ1) is 14.0. The smallest absolute Gasteiger partial charge is 0.341 e. The van der Waals surface area contributed by atoms with E-state index in [1.165, 1.54) is 31.5 Å². The minimum absolute atomic E-state index is 0.0651. The number of rotatable bonds is 3. The van der Waals surface area contributed by atoms with Gasteiger partial charge in [-0.1, -0.05) is 0 Å². The summed E-state index contributed by atoms with van der Waals surface area (Å²) in [6.07, 6.45) is 2.87. The number of hydrogen-bond donors (Lipinski definition) is 0. The van der Waals surface area contributed by atoms with E-state index in [1.54, 1.807) is 6.07 Å². The normalized spacial score (nSPS) is 18.0. The van der Waals surface area contributed by atoms with E-state index in [0.29, 0.717) is 5.69 Å². The van der Waals surface area contributed by atoms with Crippen LogP contribution >= 0.6 is 0 Å². The summed E-state index contributed by atoms with van der Waals surface area (Å²) in [5, 5.41) is 0. The molecule has 1 amide bonds. The van der Waals surface area contributed by atoms with E-state index < -0.39 is 17.9 Å². The topological polar surface area (TPSA) is 85.8 Å². The second kappa shape index (κ2) is 5.68. The molecule has 106 valence electrons. The lowest BCUT2D eigenvalue weighted by atomic mass is 10.1. The van der Waals surface area contributed by atoms with Crippen molar-refractivity contribution in [2.45, 2.75) is 6.42 Å². The van der Waals surface area contributed by atoms with Crippen molar-refractivity contribution in [2.24, 2.45) is 5.92 Å². The number of pyridine rings is 1. The maximum Gasteiger partial charge on any atom is 0.341 e. The molecule has 1 saturated heterocycles. The largest absolute Gasteiger partial charge is 0.469 e. The maximum absolute atomic E-state index is 12.0. The zero-order chi connectivity index (χ0) is 14.7. The van der Waals surface area contributed by atoms with E-state index >= 15 is 0 Å². The number of esters is 2. The van der Waals surface area contributed by atoms with Gasteiger partial charge in [0.2, 0.25) is 5.91 Å². The molecule has 0 spiro atoms. The molecule has 1 aliphatic rings. The Morgan fingerprint density at radius 2 is 2.10 bits per heavy atom. The molecule has 0 saturated carbocycles. The van der Waals surface area contributed by atoms with Crippen molar-refractivity contribution in [3.8, 4) is 0 Å². The van der Waals surface area contributed by atoms with Crippen LogP contribution in [0.15, 0.2) is 18.5 Å². The molecule has 1 aromatic rings. The number of carbonyl (C=O) groups is 3. The summed E-state index contributed by atoms with van der Waals surface area (Å²) in [4.78, 5) is 40.4. The number of amides is 1. The highest BCUT2D eigenvalue weighted by molar-refractivity contribution is 6.05. The van der Waals surface area contributed by atoms with Crippen LogP contribution in [0.5, 0.6) is 0 Å². The fourth-order valence-electron chi connectivity index (χ4n) is 2.15. The molecule has 0 radical (unpaired) electrons. The van der Waals surface area contributed by atoms with Crippen LogP contribution in [0.25, 0.3) is 0 Å². The van der Waals surface area contributed by atoms with Gasteiger partial charge in [0.1, 0.15) is 5.56 Å². The number of anilines is 1. The van der Waals surface area contributed by atoms with E-state index in [2.05, 4.69) is 14.5 Å². The van der Waals surface area contributed by atoms with E-state index in [4.69, 9.17) is 0 Å². The molecule has 1 unspecified atom stereocenters. The molecule has 0 N–H and O–H groups in total. The van der Waals surface area contributed by atoms with Gasteiger partial charge >= 0.3 is 11.9 Å². The van der Waals surface area contributed by atoms with Crippen molar-refractivity contribution < 1.29 is 23.9 Å². The molecule has 0 aromatic carbocycles. The predicted molar refractivity (Wildman–Crippen MR) is 68.1 cm³/mol. The number of aromatic nitrogens is 1.